The zero-order valence-electron chi connectivity index (χ0n) is 8.79. The first-order valence-corrected chi connectivity index (χ1v) is 5.21. The Bertz CT molecular complexity index is 520. The van der Waals surface area contributed by atoms with Gasteiger partial charge >= 0.3 is 0 Å². The number of rotatable bonds is 0. The summed E-state index contributed by atoms with van der Waals surface area (Å²) < 4.78 is 13.2. The van der Waals surface area contributed by atoms with Crippen molar-refractivity contribution in [2.24, 2.45) is 0 Å². The van der Waals surface area contributed by atoms with Gasteiger partial charge in [-0.25, -0.2) is 9.29 Å². The van der Waals surface area contributed by atoms with Crippen molar-refractivity contribution in [3.63, 3.8) is 0 Å². The molecule has 1 saturated carbocycles. The van der Waals surface area contributed by atoms with E-state index in [2.05, 4.69) is 0 Å². The van der Waals surface area contributed by atoms with E-state index in [-0.39, 0.29) is 17.6 Å². The standard InChI is InChI=1S/C12H10FNO2/c1-7(15)14-10-3-2-8(13)6-9(10)12(4-5-12)11(14)16/h2-3,6H,4-5H2,1H3. The smallest absolute Gasteiger partial charge is 0.244 e. The molecular weight excluding hydrogens is 209 g/mol. The summed E-state index contributed by atoms with van der Waals surface area (Å²) in [6, 6.07) is 4.17. The summed E-state index contributed by atoms with van der Waals surface area (Å²) in [5.41, 5.74) is 0.632. The number of carbonyl (C=O) groups excluding carboxylic acids is 2. The SMILES string of the molecule is CC(=O)N1C(=O)C2(CC2)c2cc(F)ccc21. The van der Waals surface area contributed by atoms with E-state index in [4.69, 9.17) is 0 Å². The van der Waals surface area contributed by atoms with Crippen LogP contribution in [0.1, 0.15) is 25.3 Å². The van der Waals surface area contributed by atoms with E-state index in [9.17, 15) is 14.0 Å². The highest BCUT2D eigenvalue weighted by Crippen LogP contribution is 2.57. The molecule has 16 heavy (non-hydrogen) atoms. The molecule has 1 aliphatic heterocycles. The number of nitrogens with zero attached hydrogens (tertiary/aromatic N) is 1. The van der Waals surface area contributed by atoms with Crippen LogP contribution < -0.4 is 4.90 Å². The molecule has 1 aliphatic carbocycles. The largest absolute Gasteiger partial charge is 0.274 e. The second kappa shape index (κ2) is 2.70. The van der Waals surface area contributed by atoms with Crippen LogP contribution in [-0.4, -0.2) is 11.8 Å². The lowest BCUT2D eigenvalue weighted by Gasteiger charge is -2.12. The van der Waals surface area contributed by atoms with Crippen LogP contribution in [0.15, 0.2) is 18.2 Å². The first-order chi connectivity index (χ1) is 7.56. The number of hydrogen-bond donors (Lipinski definition) is 0. The van der Waals surface area contributed by atoms with Gasteiger partial charge in [-0.15, -0.1) is 0 Å². The van der Waals surface area contributed by atoms with Crippen LogP contribution in [-0.2, 0) is 15.0 Å². The van der Waals surface area contributed by atoms with Crippen molar-refractivity contribution >= 4 is 17.5 Å². The highest BCUT2D eigenvalue weighted by Gasteiger charge is 2.60. The second-order valence-corrected chi connectivity index (χ2v) is 4.40. The van der Waals surface area contributed by atoms with Crippen LogP contribution in [0, 0.1) is 5.82 Å². The van der Waals surface area contributed by atoms with E-state index in [0.717, 1.165) is 0 Å². The molecule has 1 aromatic rings. The third-order valence-corrected chi connectivity index (χ3v) is 3.39. The van der Waals surface area contributed by atoms with Crippen molar-refractivity contribution in [3.05, 3.63) is 29.6 Å². The molecule has 2 amide bonds. The van der Waals surface area contributed by atoms with Gasteiger partial charge in [0.25, 0.3) is 0 Å². The second-order valence-electron chi connectivity index (χ2n) is 4.40. The summed E-state index contributed by atoms with van der Waals surface area (Å²) in [7, 11) is 0. The van der Waals surface area contributed by atoms with Crippen LogP contribution in [0.2, 0.25) is 0 Å². The Kier molecular flexibility index (Phi) is 1.60. The molecule has 0 saturated heterocycles. The summed E-state index contributed by atoms with van der Waals surface area (Å²) in [6.07, 6.45) is 1.43. The maximum Gasteiger partial charge on any atom is 0.244 e. The van der Waals surface area contributed by atoms with Crippen molar-refractivity contribution in [3.8, 4) is 0 Å². The van der Waals surface area contributed by atoms with Gasteiger partial charge in [-0.2, -0.15) is 0 Å². The predicted molar refractivity (Wildman–Crippen MR) is 55.5 cm³/mol. The molecule has 1 aromatic carbocycles. The highest BCUT2D eigenvalue weighted by molar-refractivity contribution is 6.23. The fourth-order valence-corrected chi connectivity index (χ4v) is 2.45. The average Bonchev–Trinajstić information content (AvgIpc) is 2.96. The molecular formula is C12H10FNO2. The summed E-state index contributed by atoms with van der Waals surface area (Å²) in [4.78, 5) is 24.7. The van der Waals surface area contributed by atoms with Crippen LogP contribution in [0.25, 0.3) is 0 Å². The maximum atomic E-state index is 13.2. The number of halogens is 1. The fourth-order valence-electron chi connectivity index (χ4n) is 2.45. The van der Waals surface area contributed by atoms with Gasteiger partial charge in [0.1, 0.15) is 5.82 Å². The maximum absolute atomic E-state index is 13.2. The van der Waals surface area contributed by atoms with Gasteiger partial charge in [-0.1, -0.05) is 0 Å². The summed E-state index contributed by atoms with van der Waals surface area (Å²) in [5.74, 6) is -0.856. The van der Waals surface area contributed by atoms with Crippen LogP contribution in [0.5, 0.6) is 0 Å². The molecule has 3 rings (SSSR count). The van der Waals surface area contributed by atoms with Gasteiger partial charge in [-0.3, -0.25) is 9.59 Å². The van der Waals surface area contributed by atoms with Gasteiger partial charge in [0.2, 0.25) is 11.8 Å². The van der Waals surface area contributed by atoms with Crippen molar-refractivity contribution < 1.29 is 14.0 Å². The monoisotopic (exact) mass is 219 g/mol. The molecule has 1 spiro atoms. The van der Waals surface area contributed by atoms with Gasteiger partial charge in [0.15, 0.2) is 0 Å². The number of carbonyl (C=O) groups is 2. The highest BCUT2D eigenvalue weighted by atomic mass is 19.1. The van der Waals surface area contributed by atoms with E-state index in [1.165, 1.54) is 30.0 Å². The molecule has 0 N–H and O–H groups in total. The normalized spacial score (nSPS) is 20.1. The number of hydrogen-bond acceptors (Lipinski definition) is 2. The zero-order chi connectivity index (χ0) is 11.5. The first kappa shape index (κ1) is 9.51. The van der Waals surface area contributed by atoms with Crippen LogP contribution in [0.3, 0.4) is 0 Å². The Hall–Kier alpha value is -1.71. The summed E-state index contributed by atoms with van der Waals surface area (Å²) >= 11 is 0. The minimum Gasteiger partial charge on any atom is -0.274 e. The zero-order valence-corrected chi connectivity index (χ0v) is 8.79. The Morgan fingerprint density at radius 1 is 1.44 bits per heavy atom. The van der Waals surface area contributed by atoms with Crippen molar-refractivity contribution in [2.45, 2.75) is 25.2 Å². The molecule has 1 fully saturated rings. The average molecular weight is 219 g/mol. The third kappa shape index (κ3) is 0.965. The van der Waals surface area contributed by atoms with E-state index in [1.807, 2.05) is 0 Å². The molecule has 0 radical (unpaired) electrons. The van der Waals surface area contributed by atoms with Crippen molar-refractivity contribution in [1.29, 1.82) is 0 Å². The van der Waals surface area contributed by atoms with Gasteiger partial charge < -0.3 is 0 Å². The Labute approximate surface area is 91.9 Å². The topological polar surface area (TPSA) is 37.4 Å². The van der Waals surface area contributed by atoms with E-state index in [1.54, 1.807) is 0 Å². The van der Waals surface area contributed by atoms with Gasteiger partial charge in [0.05, 0.1) is 11.1 Å². The third-order valence-electron chi connectivity index (χ3n) is 3.39. The Balaban J connectivity index is 2.24. The van der Waals surface area contributed by atoms with Crippen LogP contribution in [0.4, 0.5) is 10.1 Å². The molecule has 1 heterocycles. The minimum absolute atomic E-state index is 0.194. The number of anilines is 1. The Morgan fingerprint density at radius 3 is 2.69 bits per heavy atom. The molecule has 0 bridgehead atoms. The predicted octanol–water partition coefficient (Wildman–Crippen LogP) is 1.75. The van der Waals surface area contributed by atoms with Crippen LogP contribution >= 0.6 is 0 Å². The number of amides is 2. The van der Waals surface area contributed by atoms with E-state index in [0.29, 0.717) is 24.1 Å². The molecule has 2 aliphatic rings. The fraction of sp³-hybridized carbons (Fsp3) is 0.333. The Morgan fingerprint density at radius 2 is 2.12 bits per heavy atom. The quantitative estimate of drug-likeness (QED) is 0.666. The summed E-state index contributed by atoms with van der Waals surface area (Å²) in [6.45, 7) is 1.35. The number of imide groups is 1. The lowest BCUT2D eigenvalue weighted by atomic mass is 9.98. The molecule has 0 unspecified atom stereocenters. The van der Waals surface area contributed by atoms with Gasteiger partial charge in [0, 0.05) is 6.92 Å². The van der Waals surface area contributed by atoms with E-state index < -0.39 is 5.41 Å². The molecule has 0 atom stereocenters. The molecule has 0 aromatic heterocycles. The van der Waals surface area contributed by atoms with E-state index >= 15 is 0 Å². The van der Waals surface area contributed by atoms with Crippen molar-refractivity contribution in [1.82, 2.24) is 0 Å². The lowest BCUT2D eigenvalue weighted by Crippen LogP contribution is -2.35. The minimum atomic E-state index is -0.594. The number of benzene rings is 1. The summed E-state index contributed by atoms with van der Waals surface area (Å²) in [5, 5.41) is 0. The lowest BCUT2D eigenvalue weighted by molar-refractivity contribution is -0.126. The van der Waals surface area contributed by atoms with Crippen molar-refractivity contribution in [2.75, 3.05) is 4.90 Å². The number of fused-ring (bicyclic) bond motifs is 2. The molecule has 82 valence electrons. The molecule has 4 heteroatoms. The van der Waals surface area contributed by atoms with Gasteiger partial charge in [-0.05, 0) is 36.6 Å². The molecule has 3 nitrogen and oxygen atoms in total. The first-order valence-electron chi connectivity index (χ1n) is 5.21.